The molecular weight excluding hydrogens is 268 g/mol. The van der Waals surface area contributed by atoms with E-state index in [2.05, 4.69) is 10.2 Å². The van der Waals surface area contributed by atoms with Gasteiger partial charge in [-0.25, -0.2) is 0 Å². The van der Waals surface area contributed by atoms with Crippen LogP contribution in [0.1, 0.15) is 12.8 Å². The Morgan fingerprint density at radius 1 is 1.48 bits per heavy atom. The van der Waals surface area contributed by atoms with Crippen LogP contribution in [-0.2, 0) is 4.79 Å². The average molecular weight is 292 g/mol. The normalized spacial score (nSPS) is 20.8. The molecule has 5 heteroatoms. The number of β-amino-alcohol motifs (C(OH)–C–C–N with tert-alkyl or cyclic N) is 1. The summed E-state index contributed by atoms with van der Waals surface area (Å²) in [4.78, 5) is 13.8. The molecule has 1 aromatic carbocycles. The third kappa shape index (κ3) is 5.02. The molecule has 2 rings (SSSR count). The van der Waals surface area contributed by atoms with Crippen LogP contribution in [0.15, 0.2) is 30.3 Å². The number of benzene rings is 1. The first-order chi connectivity index (χ1) is 10.2. The van der Waals surface area contributed by atoms with Crippen molar-refractivity contribution in [2.24, 2.45) is 5.92 Å². The van der Waals surface area contributed by atoms with Gasteiger partial charge in [-0.2, -0.15) is 0 Å². The third-order valence-electron chi connectivity index (χ3n) is 3.78. The molecule has 0 aliphatic carbocycles. The summed E-state index contributed by atoms with van der Waals surface area (Å²) in [7, 11) is 1.67. The highest BCUT2D eigenvalue weighted by Gasteiger charge is 2.26. The number of hydrogen-bond acceptors (Lipinski definition) is 4. The Labute approximate surface area is 125 Å². The number of aliphatic hydroxyl groups is 1. The van der Waals surface area contributed by atoms with Gasteiger partial charge in [-0.15, -0.1) is 0 Å². The van der Waals surface area contributed by atoms with Crippen molar-refractivity contribution < 1.29 is 14.6 Å². The van der Waals surface area contributed by atoms with E-state index in [1.165, 1.54) is 0 Å². The Morgan fingerprint density at radius 2 is 2.24 bits per heavy atom. The molecule has 2 atom stereocenters. The minimum atomic E-state index is -0.548. The molecule has 1 aromatic rings. The SMILES string of the molecule is CNC(=O)C1CCCN(CC(O)COc2ccccc2)C1. The van der Waals surface area contributed by atoms with E-state index >= 15 is 0 Å². The van der Waals surface area contributed by atoms with Gasteiger partial charge in [0.25, 0.3) is 0 Å². The highest BCUT2D eigenvalue weighted by Crippen LogP contribution is 2.17. The van der Waals surface area contributed by atoms with Crippen molar-refractivity contribution in [1.29, 1.82) is 0 Å². The molecule has 1 amide bonds. The number of likely N-dealkylation sites (tertiary alicyclic amines) is 1. The fourth-order valence-electron chi connectivity index (χ4n) is 2.70. The number of hydrogen-bond donors (Lipinski definition) is 2. The van der Waals surface area contributed by atoms with Gasteiger partial charge >= 0.3 is 0 Å². The van der Waals surface area contributed by atoms with Crippen LogP contribution in [0.4, 0.5) is 0 Å². The Hall–Kier alpha value is -1.59. The molecule has 1 aliphatic heterocycles. The average Bonchev–Trinajstić information content (AvgIpc) is 2.53. The second-order valence-electron chi connectivity index (χ2n) is 5.49. The maximum atomic E-state index is 11.7. The van der Waals surface area contributed by atoms with Crippen LogP contribution in [-0.4, -0.2) is 55.3 Å². The first kappa shape index (κ1) is 15.8. The molecule has 1 fully saturated rings. The van der Waals surface area contributed by atoms with Crippen molar-refractivity contribution in [3.63, 3.8) is 0 Å². The van der Waals surface area contributed by atoms with E-state index in [4.69, 9.17) is 4.74 Å². The zero-order valence-corrected chi connectivity index (χ0v) is 12.5. The molecule has 5 nitrogen and oxygen atoms in total. The van der Waals surface area contributed by atoms with Gasteiger partial charge in [-0.3, -0.25) is 9.69 Å². The lowest BCUT2D eigenvalue weighted by molar-refractivity contribution is -0.126. The fraction of sp³-hybridized carbons (Fsp3) is 0.562. The number of aliphatic hydroxyl groups excluding tert-OH is 1. The molecule has 0 bridgehead atoms. The topological polar surface area (TPSA) is 61.8 Å². The molecule has 116 valence electrons. The Kier molecular flexibility index (Phi) is 6.02. The second-order valence-corrected chi connectivity index (χ2v) is 5.49. The van der Waals surface area contributed by atoms with Crippen LogP contribution in [0.5, 0.6) is 5.75 Å². The van der Waals surface area contributed by atoms with Gasteiger partial charge in [0.1, 0.15) is 18.5 Å². The Balaban J connectivity index is 1.74. The smallest absolute Gasteiger partial charge is 0.224 e. The molecule has 21 heavy (non-hydrogen) atoms. The number of carbonyl (C=O) groups excluding carboxylic acids is 1. The minimum Gasteiger partial charge on any atom is -0.491 e. The zero-order chi connectivity index (χ0) is 15.1. The third-order valence-corrected chi connectivity index (χ3v) is 3.78. The lowest BCUT2D eigenvalue weighted by Crippen LogP contribution is -2.45. The van der Waals surface area contributed by atoms with Gasteiger partial charge < -0.3 is 15.2 Å². The van der Waals surface area contributed by atoms with Gasteiger partial charge in [0, 0.05) is 20.1 Å². The van der Waals surface area contributed by atoms with E-state index in [0.29, 0.717) is 13.1 Å². The van der Waals surface area contributed by atoms with Crippen LogP contribution in [0.2, 0.25) is 0 Å². The first-order valence-electron chi connectivity index (χ1n) is 7.49. The molecule has 0 radical (unpaired) electrons. The van der Waals surface area contributed by atoms with Crippen molar-refractivity contribution in [3.05, 3.63) is 30.3 Å². The predicted molar refractivity (Wildman–Crippen MR) is 81.2 cm³/mol. The zero-order valence-electron chi connectivity index (χ0n) is 12.5. The summed E-state index contributed by atoms with van der Waals surface area (Å²) in [5.41, 5.74) is 0. The van der Waals surface area contributed by atoms with E-state index in [1.807, 2.05) is 30.3 Å². The summed E-state index contributed by atoms with van der Waals surface area (Å²) < 4.78 is 5.55. The van der Waals surface area contributed by atoms with Crippen LogP contribution in [0.25, 0.3) is 0 Å². The molecule has 0 spiro atoms. The summed E-state index contributed by atoms with van der Waals surface area (Å²) in [6, 6.07) is 9.47. The summed E-state index contributed by atoms with van der Waals surface area (Å²) >= 11 is 0. The summed E-state index contributed by atoms with van der Waals surface area (Å²) in [5.74, 6) is 0.888. The number of carbonyl (C=O) groups is 1. The number of nitrogens with zero attached hydrogens (tertiary/aromatic N) is 1. The van der Waals surface area contributed by atoms with E-state index in [0.717, 1.165) is 25.1 Å². The molecule has 1 heterocycles. The molecule has 1 saturated heterocycles. The number of amides is 1. The van der Waals surface area contributed by atoms with Crippen molar-refractivity contribution in [3.8, 4) is 5.75 Å². The number of para-hydroxylation sites is 1. The van der Waals surface area contributed by atoms with Crippen molar-refractivity contribution >= 4 is 5.91 Å². The van der Waals surface area contributed by atoms with Crippen LogP contribution >= 0.6 is 0 Å². The van der Waals surface area contributed by atoms with Gasteiger partial charge in [0.15, 0.2) is 0 Å². The molecule has 0 aromatic heterocycles. The predicted octanol–water partition coefficient (Wildman–Crippen LogP) is 0.884. The second kappa shape index (κ2) is 8.00. The highest BCUT2D eigenvalue weighted by molar-refractivity contribution is 5.78. The van der Waals surface area contributed by atoms with Crippen LogP contribution in [0.3, 0.4) is 0 Å². The van der Waals surface area contributed by atoms with E-state index < -0.39 is 6.10 Å². The van der Waals surface area contributed by atoms with Crippen molar-refractivity contribution in [2.45, 2.75) is 18.9 Å². The monoisotopic (exact) mass is 292 g/mol. The van der Waals surface area contributed by atoms with Crippen molar-refractivity contribution in [2.75, 3.05) is 33.3 Å². The fourth-order valence-corrected chi connectivity index (χ4v) is 2.70. The van der Waals surface area contributed by atoms with Gasteiger partial charge in [-0.1, -0.05) is 18.2 Å². The lowest BCUT2D eigenvalue weighted by atomic mass is 9.97. The number of ether oxygens (including phenoxy) is 1. The number of rotatable bonds is 6. The number of nitrogens with one attached hydrogen (secondary N) is 1. The molecule has 2 N–H and O–H groups in total. The summed E-state index contributed by atoms with van der Waals surface area (Å²) in [6.45, 7) is 2.45. The van der Waals surface area contributed by atoms with Gasteiger partial charge in [0.05, 0.1) is 5.92 Å². The van der Waals surface area contributed by atoms with Crippen molar-refractivity contribution in [1.82, 2.24) is 10.2 Å². The first-order valence-corrected chi connectivity index (χ1v) is 7.49. The van der Waals surface area contributed by atoms with E-state index in [-0.39, 0.29) is 18.4 Å². The van der Waals surface area contributed by atoms with Gasteiger partial charge in [-0.05, 0) is 31.5 Å². The van der Waals surface area contributed by atoms with E-state index in [9.17, 15) is 9.90 Å². The molecule has 0 saturated carbocycles. The van der Waals surface area contributed by atoms with E-state index in [1.54, 1.807) is 7.05 Å². The van der Waals surface area contributed by atoms with Gasteiger partial charge in [0.2, 0.25) is 5.91 Å². The summed E-state index contributed by atoms with van der Waals surface area (Å²) in [5, 5.41) is 12.8. The quantitative estimate of drug-likeness (QED) is 0.817. The molecule has 1 aliphatic rings. The van der Waals surface area contributed by atoms with Crippen LogP contribution in [0, 0.1) is 5.92 Å². The summed E-state index contributed by atoms with van der Waals surface area (Å²) in [6.07, 6.45) is 1.37. The Bertz CT molecular complexity index is 438. The highest BCUT2D eigenvalue weighted by atomic mass is 16.5. The largest absolute Gasteiger partial charge is 0.491 e. The number of piperidine rings is 1. The minimum absolute atomic E-state index is 0.0333. The molecular formula is C16H24N2O3. The van der Waals surface area contributed by atoms with Crippen LogP contribution < -0.4 is 10.1 Å². The maximum absolute atomic E-state index is 11.7. The molecule has 2 unspecified atom stereocenters. The lowest BCUT2D eigenvalue weighted by Gasteiger charge is -2.32. The Morgan fingerprint density at radius 3 is 2.95 bits per heavy atom. The maximum Gasteiger partial charge on any atom is 0.224 e. The standard InChI is InChI=1S/C16H24N2O3/c1-17-16(20)13-6-5-9-18(10-13)11-14(19)12-21-15-7-3-2-4-8-15/h2-4,7-8,13-14,19H,5-6,9-12H2,1H3,(H,17,20).